The van der Waals surface area contributed by atoms with Crippen LogP contribution in [0.5, 0.6) is 0 Å². The van der Waals surface area contributed by atoms with E-state index >= 15 is 0 Å². The van der Waals surface area contributed by atoms with E-state index in [9.17, 15) is 0 Å². The molecule has 0 aliphatic carbocycles. The smallest absolute Gasteiger partial charge is 0.0782 e. The second kappa shape index (κ2) is 4.43. The first kappa shape index (κ1) is 11.0. The Kier molecular flexibility index (Phi) is 3.74. The first-order chi connectivity index (χ1) is 6.02. The Morgan fingerprint density at radius 3 is 2.77 bits per heavy atom. The van der Waals surface area contributed by atoms with Gasteiger partial charge in [-0.2, -0.15) is 0 Å². The minimum absolute atomic E-state index is 0.0714. The van der Waals surface area contributed by atoms with E-state index in [0.29, 0.717) is 6.10 Å². The van der Waals surface area contributed by atoms with Gasteiger partial charge in [-0.25, -0.2) is 0 Å². The number of rotatable bonds is 3. The minimum atomic E-state index is 0.0714. The quantitative estimate of drug-likeness (QED) is 0.727. The maximum Gasteiger partial charge on any atom is 0.0782 e. The van der Waals surface area contributed by atoms with Crippen LogP contribution in [-0.4, -0.2) is 24.8 Å². The first-order valence-corrected chi connectivity index (χ1v) is 5.40. The molecule has 1 aliphatic heterocycles. The van der Waals surface area contributed by atoms with E-state index < -0.39 is 0 Å². The summed E-state index contributed by atoms with van der Waals surface area (Å²) >= 11 is 0. The third-order valence-corrected chi connectivity index (χ3v) is 2.67. The summed E-state index contributed by atoms with van der Waals surface area (Å²) < 4.78 is 5.96. The molecule has 1 rings (SSSR count). The number of morpholine rings is 1. The highest BCUT2D eigenvalue weighted by molar-refractivity contribution is 4.84. The zero-order valence-electron chi connectivity index (χ0n) is 9.39. The van der Waals surface area contributed by atoms with Gasteiger partial charge >= 0.3 is 0 Å². The van der Waals surface area contributed by atoms with E-state index in [0.717, 1.165) is 19.0 Å². The summed E-state index contributed by atoms with van der Waals surface area (Å²) in [7, 11) is 0. The van der Waals surface area contributed by atoms with Crippen LogP contribution in [0.2, 0.25) is 0 Å². The first-order valence-electron chi connectivity index (χ1n) is 5.40. The van der Waals surface area contributed by atoms with Crippen LogP contribution in [0, 0.1) is 5.92 Å². The molecule has 1 saturated heterocycles. The van der Waals surface area contributed by atoms with Crippen molar-refractivity contribution >= 4 is 0 Å². The van der Waals surface area contributed by atoms with Gasteiger partial charge in [0.25, 0.3) is 0 Å². The molecule has 0 saturated carbocycles. The van der Waals surface area contributed by atoms with E-state index in [1.165, 1.54) is 12.8 Å². The van der Waals surface area contributed by atoms with Crippen LogP contribution in [0.25, 0.3) is 0 Å². The van der Waals surface area contributed by atoms with Gasteiger partial charge in [-0.15, -0.1) is 0 Å². The number of hydrogen-bond donors (Lipinski definition) is 1. The Labute approximate surface area is 82.0 Å². The molecule has 2 atom stereocenters. The van der Waals surface area contributed by atoms with Crippen molar-refractivity contribution < 1.29 is 4.74 Å². The zero-order valence-corrected chi connectivity index (χ0v) is 9.39. The second-order valence-corrected chi connectivity index (χ2v) is 4.94. The highest BCUT2D eigenvalue weighted by Crippen LogP contribution is 2.23. The maximum atomic E-state index is 5.96. The highest BCUT2D eigenvalue weighted by Gasteiger charge is 2.30. The SMILES string of the molecule is CC(C)CCC1(C)CNCC(C)O1. The topological polar surface area (TPSA) is 21.3 Å². The Morgan fingerprint density at radius 2 is 2.23 bits per heavy atom. The molecular weight excluding hydrogens is 162 g/mol. The zero-order chi connectivity index (χ0) is 9.90. The molecule has 1 fully saturated rings. The molecule has 0 spiro atoms. The van der Waals surface area contributed by atoms with E-state index in [1.807, 2.05) is 0 Å². The van der Waals surface area contributed by atoms with Crippen LogP contribution in [0.4, 0.5) is 0 Å². The predicted octanol–water partition coefficient (Wildman–Crippen LogP) is 2.19. The van der Waals surface area contributed by atoms with Gasteiger partial charge in [0, 0.05) is 13.1 Å². The Balaban J connectivity index is 2.35. The molecule has 0 aromatic heterocycles. The van der Waals surface area contributed by atoms with Gasteiger partial charge in [0.2, 0.25) is 0 Å². The van der Waals surface area contributed by atoms with E-state index in [4.69, 9.17) is 4.74 Å². The summed E-state index contributed by atoms with van der Waals surface area (Å²) in [6.45, 7) is 10.9. The van der Waals surface area contributed by atoms with Crippen LogP contribution in [0.3, 0.4) is 0 Å². The van der Waals surface area contributed by atoms with Crippen molar-refractivity contribution in [1.29, 1.82) is 0 Å². The molecule has 0 amide bonds. The molecule has 1 heterocycles. The molecule has 0 radical (unpaired) electrons. The lowest BCUT2D eigenvalue weighted by Crippen LogP contribution is -2.51. The standard InChI is InChI=1S/C11H23NO/c1-9(2)5-6-11(4)8-12-7-10(3)13-11/h9-10,12H,5-8H2,1-4H3. The summed E-state index contributed by atoms with van der Waals surface area (Å²) in [6, 6.07) is 0. The van der Waals surface area contributed by atoms with Crippen molar-refractivity contribution in [3.8, 4) is 0 Å². The summed E-state index contributed by atoms with van der Waals surface area (Å²) in [5, 5.41) is 3.42. The summed E-state index contributed by atoms with van der Waals surface area (Å²) in [5.74, 6) is 0.776. The van der Waals surface area contributed by atoms with Crippen LogP contribution in [-0.2, 0) is 4.74 Å². The van der Waals surface area contributed by atoms with Crippen molar-refractivity contribution in [1.82, 2.24) is 5.32 Å². The summed E-state index contributed by atoms with van der Waals surface area (Å²) in [6.07, 6.45) is 2.79. The molecule has 13 heavy (non-hydrogen) atoms. The van der Waals surface area contributed by atoms with Crippen LogP contribution in [0.15, 0.2) is 0 Å². The largest absolute Gasteiger partial charge is 0.370 e. The van der Waals surface area contributed by atoms with E-state index in [-0.39, 0.29) is 5.60 Å². The molecular formula is C11H23NO. The number of ether oxygens (including phenoxy) is 1. The Hall–Kier alpha value is -0.0800. The van der Waals surface area contributed by atoms with Gasteiger partial charge in [0.15, 0.2) is 0 Å². The van der Waals surface area contributed by atoms with Gasteiger partial charge < -0.3 is 10.1 Å². The molecule has 1 N–H and O–H groups in total. The van der Waals surface area contributed by atoms with E-state index in [2.05, 4.69) is 33.0 Å². The second-order valence-electron chi connectivity index (χ2n) is 4.94. The highest BCUT2D eigenvalue weighted by atomic mass is 16.5. The molecule has 2 heteroatoms. The summed E-state index contributed by atoms with van der Waals surface area (Å²) in [4.78, 5) is 0. The Bertz CT molecular complexity index is 158. The normalized spacial score (nSPS) is 35.3. The van der Waals surface area contributed by atoms with Crippen LogP contribution in [0.1, 0.15) is 40.5 Å². The van der Waals surface area contributed by atoms with Crippen LogP contribution >= 0.6 is 0 Å². The lowest BCUT2D eigenvalue weighted by Gasteiger charge is -2.38. The van der Waals surface area contributed by atoms with Gasteiger partial charge in [-0.1, -0.05) is 13.8 Å². The predicted molar refractivity (Wildman–Crippen MR) is 55.9 cm³/mol. The third kappa shape index (κ3) is 3.65. The number of nitrogens with one attached hydrogen (secondary N) is 1. The molecule has 0 aromatic carbocycles. The van der Waals surface area contributed by atoms with Gasteiger partial charge in [0.1, 0.15) is 0 Å². The van der Waals surface area contributed by atoms with Crippen molar-refractivity contribution in [2.75, 3.05) is 13.1 Å². The molecule has 1 aliphatic rings. The van der Waals surface area contributed by atoms with Crippen molar-refractivity contribution in [3.63, 3.8) is 0 Å². The lowest BCUT2D eigenvalue weighted by atomic mass is 9.93. The average Bonchev–Trinajstić information content (AvgIpc) is 2.01. The molecule has 2 unspecified atom stereocenters. The van der Waals surface area contributed by atoms with Crippen molar-refractivity contribution in [3.05, 3.63) is 0 Å². The van der Waals surface area contributed by atoms with Gasteiger partial charge in [0.05, 0.1) is 11.7 Å². The fourth-order valence-electron chi connectivity index (χ4n) is 1.85. The summed E-state index contributed by atoms with van der Waals surface area (Å²) in [5.41, 5.74) is 0.0714. The Morgan fingerprint density at radius 1 is 1.54 bits per heavy atom. The third-order valence-electron chi connectivity index (χ3n) is 2.67. The fourth-order valence-corrected chi connectivity index (χ4v) is 1.85. The lowest BCUT2D eigenvalue weighted by molar-refractivity contribution is -0.103. The van der Waals surface area contributed by atoms with Crippen molar-refractivity contribution in [2.45, 2.75) is 52.2 Å². The maximum absolute atomic E-state index is 5.96. The van der Waals surface area contributed by atoms with Crippen molar-refractivity contribution in [2.24, 2.45) is 5.92 Å². The van der Waals surface area contributed by atoms with Gasteiger partial charge in [-0.05, 0) is 32.6 Å². The fraction of sp³-hybridized carbons (Fsp3) is 1.00. The minimum Gasteiger partial charge on any atom is -0.370 e. The monoisotopic (exact) mass is 185 g/mol. The molecule has 78 valence electrons. The molecule has 0 aromatic rings. The van der Waals surface area contributed by atoms with Gasteiger partial charge in [-0.3, -0.25) is 0 Å². The molecule has 2 nitrogen and oxygen atoms in total. The number of hydrogen-bond acceptors (Lipinski definition) is 2. The average molecular weight is 185 g/mol. The molecule has 0 bridgehead atoms. The van der Waals surface area contributed by atoms with Crippen LogP contribution < -0.4 is 5.32 Å². The van der Waals surface area contributed by atoms with E-state index in [1.54, 1.807) is 0 Å².